The minimum atomic E-state index is -0.728. The molecule has 6 nitrogen and oxygen atoms in total. The third-order valence-electron chi connectivity index (χ3n) is 2.63. The minimum Gasteiger partial charge on any atom is -0.493 e. The Labute approximate surface area is 111 Å². The molecule has 19 heavy (non-hydrogen) atoms. The van der Waals surface area contributed by atoms with Crippen LogP contribution in [0, 0.1) is 0 Å². The highest BCUT2D eigenvalue weighted by Crippen LogP contribution is 2.12. The topological polar surface area (TPSA) is 94.4 Å². The first kappa shape index (κ1) is 13.5. The Bertz CT molecular complexity index is 499. The lowest BCUT2D eigenvalue weighted by atomic mass is 10.2. The number of nitrogens with two attached hydrogens (primary N) is 1. The predicted molar refractivity (Wildman–Crippen MR) is 68.5 cm³/mol. The number of aromatic nitrogens is 2. The molecule has 3 N–H and O–H groups in total. The summed E-state index contributed by atoms with van der Waals surface area (Å²) in [6.07, 6.45) is -0.209. The Balaban J connectivity index is 1.84. The number of aliphatic hydroxyl groups excluding tert-OH is 1. The summed E-state index contributed by atoms with van der Waals surface area (Å²) in [5.74, 6) is 1.55. The van der Waals surface area contributed by atoms with Crippen LogP contribution in [0.5, 0.6) is 5.75 Å². The third kappa shape index (κ3) is 3.77. The number of hydrogen-bond donors (Lipinski definition) is 2. The molecule has 0 amide bonds. The quantitative estimate of drug-likeness (QED) is 0.809. The maximum atomic E-state index is 9.33. The van der Waals surface area contributed by atoms with Gasteiger partial charge in [0.15, 0.2) is 5.82 Å². The van der Waals surface area contributed by atoms with Gasteiger partial charge in [0.25, 0.3) is 0 Å². The van der Waals surface area contributed by atoms with Gasteiger partial charge in [-0.3, -0.25) is 0 Å². The standard InChI is InChI=1S/C13H17N3O3/c1-9(17)12(14)13-15-11(16-19-13)7-8-18-10-5-3-2-4-6-10/h2-6,9,12,17H,7-8,14H2,1H3. The van der Waals surface area contributed by atoms with Crippen LogP contribution in [0.1, 0.15) is 24.7 Å². The molecular weight excluding hydrogens is 246 g/mol. The van der Waals surface area contributed by atoms with Crippen LogP contribution in [-0.4, -0.2) is 28.0 Å². The molecule has 1 aromatic heterocycles. The van der Waals surface area contributed by atoms with Crippen LogP contribution in [0.15, 0.2) is 34.9 Å². The Morgan fingerprint density at radius 3 is 2.79 bits per heavy atom. The van der Waals surface area contributed by atoms with Gasteiger partial charge in [-0.25, -0.2) is 0 Å². The normalized spacial score (nSPS) is 14.1. The number of aliphatic hydroxyl groups is 1. The second-order valence-electron chi connectivity index (χ2n) is 4.23. The van der Waals surface area contributed by atoms with Crippen LogP contribution < -0.4 is 10.5 Å². The zero-order valence-electron chi connectivity index (χ0n) is 10.7. The fourth-order valence-corrected chi connectivity index (χ4v) is 1.49. The second-order valence-corrected chi connectivity index (χ2v) is 4.23. The summed E-state index contributed by atoms with van der Waals surface area (Å²) in [4.78, 5) is 4.12. The largest absolute Gasteiger partial charge is 0.493 e. The van der Waals surface area contributed by atoms with E-state index in [1.807, 2.05) is 30.3 Å². The molecule has 1 aromatic carbocycles. The highest BCUT2D eigenvalue weighted by atomic mass is 16.5. The first-order valence-corrected chi connectivity index (χ1v) is 6.11. The molecule has 0 spiro atoms. The summed E-state index contributed by atoms with van der Waals surface area (Å²) in [6, 6.07) is 8.84. The van der Waals surface area contributed by atoms with Crippen molar-refractivity contribution in [1.82, 2.24) is 10.1 Å². The van der Waals surface area contributed by atoms with Crippen molar-refractivity contribution in [2.24, 2.45) is 5.73 Å². The van der Waals surface area contributed by atoms with E-state index in [1.165, 1.54) is 0 Å². The fraction of sp³-hybridized carbons (Fsp3) is 0.385. The van der Waals surface area contributed by atoms with E-state index in [2.05, 4.69) is 10.1 Å². The lowest BCUT2D eigenvalue weighted by Gasteiger charge is -2.08. The molecule has 0 radical (unpaired) electrons. The first-order valence-electron chi connectivity index (χ1n) is 6.11. The smallest absolute Gasteiger partial charge is 0.246 e. The van der Waals surface area contributed by atoms with Crippen LogP contribution >= 0.6 is 0 Å². The van der Waals surface area contributed by atoms with Crippen molar-refractivity contribution in [2.45, 2.75) is 25.5 Å². The molecule has 102 valence electrons. The highest BCUT2D eigenvalue weighted by Gasteiger charge is 2.19. The average Bonchev–Trinajstić information content (AvgIpc) is 2.88. The van der Waals surface area contributed by atoms with Crippen LogP contribution in [0.4, 0.5) is 0 Å². The molecule has 2 rings (SSSR count). The van der Waals surface area contributed by atoms with E-state index in [1.54, 1.807) is 6.92 Å². The molecule has 0 saturated heterocycles. The van der Waals surface area contributed by atoms with Gasteiger partial charge < -0.3 is 20.1 Å². The van der Waals surface area contributed by atoms with Gasteiger partial charge in [0, 0.05) is 6.42 Å². The molecule has 0 saturated carbocycles. The van der Waals surface area contributed by atoms with E-state index in [4.69, 9.17) is 15.0 Å². The Morgan fingerprint density at radius 2 is 2.11 bits per heavy atom. The zero-order chi connectivity index (χ0) is 13.7. The summed E-state index contributed by atoms with van der Waals surface area (Å²) in [5.41, 5.74) is 5.69. The monoisotopic (exact) mass is 263 g/mol. The van der Waals surface area contributed by atoms with Gasteiger partial charge in [0.05, 0.1) is 12.7 Å². The maximum absolute atomic E-state index is 9.33. The number of nitrogens with zero attached hydrogens (tertiary/aromatic N) is 2. The summed E-state index contributed by atoms with van der Waals surface area (Å²) in [6.45, 7) is 2.03. The summed E-state index contributed by atoms with van der Waals surface area (Å²) in [7, 11) is 0. The van der Waals surface area contributed by atoms with Crippen molar-refractivity contribution in [3.8, 4) is 5.75 Å². The highest BCUT2D eigenvalue weighted by molar-refractivity contribution is 5.20. The molecule has 2 unspecified atom stereocenters. The molecular formula is C13H17N3O3. The number of rotatable bonds is 6. The van der Waals surface area contributed by atoms with Gasteiger partial charge in [-0.2, -0.15) is 4.98 Å². The van der Waals surface area contributed by atoms with Crippen molar-refractivity contribution < 1.29 is 14.4 Å². The van der Waals surface area contributed by atoms with Gasteiger partial charge in [0.2, 0.25) is 5.89 Å². The zero-order valence-corrected chi connectivity index (χ0v) is 10.7. The van der Waals surface area contributed by atoms with Crippen LogP contribution in [-0.2, 0) is 6.42 Å². The number of hydrogen-bond acceptors (Lipinski definition) is 6. The van der Waals surface area contributed by atoms with Crippen molar-refractivity contribution in [3.05, 3.63) is 42.0 Å². The van der Waals surface area contributed by atoms with Gasteiger partial charge >= 0.3 is 0 Å². The van der Waals surface area contributed by atoms with E-state index in [0.717, 1.165) is 5.75 Å². The maximum Gasteiger partial charge on any atom is 0.246 e. The van der Waals surface area contributed by atoms with Crippen LogP contribution in [0.2, 0.25) is 0 Å². The van der Waals surface area contributed by atoms with E-state index in [0.29, 0.717) is 18.9 Å². The van der Waals surface area contributed by atoms with E-state index in [-0.39, 0.29) is 5.89 Å². The molecule has 0 aliphatic heterocycles. The average molecular weight is 263 g/mol. The Morgan fingerprint density at radius 1 is 1.37 bits per heavy atom. The molecule has 1 heterocycles. The van der Waals surface area contributed by atoms with Crippen molar-refractivity contribution in [1.29, 1.82) is 0 Å². The van der Waals surface area contributed by atoms with Crippen molar-refractivity contribution in [3.63, 3.8) is 0 Å². The van der Waals surface area contributed by atoms with Gasteiger partial charge in [0.1, 0.15) is 11.8 Å². The Hall–Kier alpha value is -1.92. The molecule has 0 aliphatic rings. The van der Waals surface area contributed by atoms with E-state index >= 15 is 0 Å². The molecule has 2 aromatic rings. The summed E-state index contributed by atoms with van der Waals surface area (Å²) in [5, 5.41) is 13.1. The minimum absolute atomic E-state index is 0.240. The second kappa shape index (κ2) is 6.31. The number of para-hydroxylation sites is 1. The van der Waals surface area contributed by atoms with Crippen LogP contribution in [0.25, 0.3) is 0 Å². The van der Waals surface area contributed by atoms with Crippen molar-refractivity contribution >= 4 is 0 Å². The Kier molecular flexibility index (Phi) is 4.48. The molecule has 0 aliphatic carbocycles. The number of benzene rings is 1. The molecule has 6 heteroatoms. The van der Waals surface area contributed by atoms with Crippen molar-refractivity contribution in [2.75, 3.05) is 6.61 Å². The summed E-state index contributed by atoms with van der Waals surface area (Å²) >= 11 is 0. The van der Waals surface area contributed by atoms with Gasteiger partial charge in [-0.15, -0.1) is 0 Å². The van der Waals surface area contributed by atoms with Crippen LogP contribution in [0.3, 0.4) is 0 Å². The third-order valence-corrected chi connectivity index (χ3v) is 2.63. The fourth-order valence-electron chi connectivity index (χ4n) is 1.49. The lowest BCUT2D eigenvalue weighted by Crippen LogP contribution is -2.23. The molecule has 0 fully saturated rings. The molecule has 0 bridgehead atoms. The summed E-state index contributed by atoms with van der Waals surface area (Å²) < 4.78 is 10.5. The first-order chi connectivity index (χ1) is 9.16. The molecule has 2 atom stereocenters. The SMILES string of the molecule is CC(O)C(N)c1nc(CCOc2ccccc2)no1. The van der Waals surface area contributed by atoms with Gasteiger partial charge in [-0.1, -0.05) is 23.4 Å². The number of ether oxygens (including phenoxy) is 1. The predicted octanol–water partition coefficient (Wildman–Crippen LogP) is 1.07. The van der Waals surface area contributed by atoms with E-state index < -0.39 is 12.1 Å². The lowest BCUT2D eigenvalue weighted by molar-refractivity contribution is 0.146. The van der Waals surface area contributed by atoms with Gasteiger partial charge in [-0.05, 0) is 19.1 Å². The van der Waals surface area contributed by atoms with E-state index in [9.17, 15) is 5.11 Å².